The van der Waals surface area contributed by atoms with Gasteiger partial charge in [0.05, 0.1) is 0 Å². The SMILES string of the molecule is CC(C)C1CNc2ccc(Cl)cc2CN1. The lowest BCUT2D eigenvalue weighted by Gasteiger charge is -2.19. The number of anilines is 1. The predicted octanol–water partition coefficient (Wildman–Crippen LogP) is 2.88. The Morgan fingerprint density at radius 2 is 2.20 bits per heavy atom. The average molecular weight is 225 g/mol. The van der Waals surface area contributed by atoms with Crippen molar-refractivity contribution >= 4 is 17.3 Å². The monoisotopic (exact) mass is 224 g/mol. The van der Waals surface area contributed by atoms with E-state index < -0.39 is 0 Å². The van der Waals surface area contributed by atoms with E-state index in [1.165, 1.54) is 11.3 Å². The first-order chi connectivity index (χ1) is 7.16. The number of benzene rings is 1. The van der Waals surface area contributed by atoms with Crippen LogP contribution in [0.1, 0.15) is 19.4 Å². The Hall–Kier alpha value is -0.730. The molecule has 15 heavy (non-hydrogen) atoms. The van der Waals surface area contributed by atoms with Gasteiger partial charge in [-0.1, -0.05) is 25.4 Å². The summed E-state index contributed by atoms with van der Waals surface area (Å²) < 4.78 is 0. The molecule has 0 bridgehead atoms. The summed E-state index contributed by atoms with van der Waals surface area (Å²) in [5, 5.41) is 7.81. The molecule has 1 aliphatic heterocycles. The van der Waals surface area contributed by atoms with Crippen LogP contribution < -0.4 is 10.6 Å². The molecule has 82 valence electrons. The highest BCUT2D eigenvalue weighted by molar-refractivity contribution is 6.30. The van der Waals surface area contributed by atoms with E-state index in [2.05, 4.69) is 30.5 Å². The molecule has 0 aliphatic carbocycles. The van der Waals surface area contributed by atoms with Crippen molar-refractivity contribution in [2.45, 2.75) is 26.4 Å². The Kier molecular flexibility index (Phi) is 3.17. The first-order valence-electron chi connectivity index (χ1n) is 5.42. The maximum absolute atomic E-state index is 5.97. The van der Waals surface area contributed by atoms with Crippen LogP contribution in [-0.2, 0) is 6.54 Å². The number of rotatable bonds is 1. The Balaban J connectivity index is 2.18. The standard InChI is InChI=1S/C12H17ClN2/c1-8(2)12-7-15-11-4-3-10(13)5-9(11)6-14-12/h3-5,8,12,14-15H,6-7H2,1-2H3. The molecule has 0 fully saturated rings. The molecule has 0 amide bonds. The van der Waals surface area contributed by atoms with E-state index in [1.54, 1.807) is 0 Å². The summed E-state index contributed by atoms with van der Waals surface area (Å²) in [7, 11) is 0. The minimum Gasteiger partial charge on any atom is -0.383 e. The molecule has 1 heterocycles. The van der Waals surface area contributed by atoms with E-state index in [9.17, 15) is 0 Å². The first-order valence-corrected chi connectivity index (χ1v) is 5.80. The van der Waals surface area contributed by atoms with Gasteiger partial charge >= 0.3 is 0 Å². The van der Waals surface area contributed by atoms with Gasteiger partial charge in [-0.2, -0.15) is 0 Å². The molecule has 0 saturated heterocycles. The molecular weight excluding hydrogens is 208 g/mol. The minimum atomic E-state index is 0.524. The summed E-state index contributed by atoms with van der Waals surface area (Å²) in [5.41, 5.74) is 2.46. The molecule has 0 aromatic heterocycles. The number of hydrogen-bond acceptors (Lipinski definition) is 2. The molecule has 2 N–H and O–H groups in total. The van der Waals surface area contributed by atoms with Crippen molar-refractivity contribution in [2.24, 2.45) is 5.92 Å². The van der Waals surface area contributed by atoms with Gasteiger partial charge in [0.1, 0.15) is 0 Å². The topological polar surface area (TPSA) is 24.1 Å². The molecule has 1 atom stereocenters. The molecule has 1 aliphatic rings. The zero-order valence-corrected chi connectivity index (χ0v) is 9.93. The summed E-state index contributed by atoms with van der Waals surface area (Å²) in [4.78, 5) is 0. The molecule has 2 nitrogen and oxygen atoms in total. The Labute approximate surface area is 96.0 Å². The molecule has 0 spiro atoms. The normalized spacial score (nSPS) is 20.7. The molecule has 1 unspecified atom stereocenters. The lowest BCUT2D eigenvalue weighted by molar-refractivity contribution is 0.419. The van der Waals surface area contributed by atoms with Crippen molar-refractivity contribution in [2.75, 3.05) is 11.9 Å². The van der Waals surface area contributed by atoms with Crippen LogP contribution in [0.25, 0.3) is 0 Å². The summed E-state index contributed by atoms with van der Waals surface area (Å²) in [6, 6.07) is 6.54. The van der Waals surface area contributed by atoms with Crippen LogP contribution in [0.15, 0.2) is 18.2 Å². The first kappa shape index (κ1) is 10.8. The van der Waals surface area contributed by atoms with Crippen molar-refractivity contribution in [1.82, 2.24) is 5.32 Å². The van der Waals surface area contributed by atoms with Crippen LogP contribution in [-0.4, -0.2) is 12.6 Å². The van der Waals surface area contributed by atoms with E-state index in [1.807, 2.05) is 12.1 Å². The molecule has 2 rings (SSSR count). The van der Waals surface area contributed by atoms with E-state index in [0.717, 1.165) is 18.1 Å². The van der Waals surface area contributed by atoms with E-state index >= 15 is 0 Å². The van der Waals surface area contributed by atoms with E-state index in [-0.39, 0.29) is 0 Å². The molecule has 0 radical (unpaired) electrons. The van der Waals surface area contributed by atoms with Gasteiger partial charge in [0, 0.05) is 29.8 Å². The molecule has 0 saturated carbocycles. The number of nitrogens with one attached hydrogen (secondary N) is 2. The third-order valence-electron chi connectivity index (χ3n) is 2.94. The Bertz CT molecular complexity index is 349. The number of hydrogen-bond donors (Lipinski definition) is 2. The zero-order chi connectivity index (χ0) is 10.8. The highest BCUT2D eigenvalue weighted by Crippen LogP contribution is 2.23. The summed E-state index contributed by atoms with van der Waals surface area (Å²) in [6.07, 6.45) is 0. The zero-order valence-electron chi connectivity index (χ0n) is 9.18. The third-order valence-corrected chi connectivity index (χ3v) is 3.17. The van der Waals surface area contributed by atoms with Gasteiger partial charge in [0.2, 0.25) is 0 Å². The molecule has 1 aromatic carbocycles. The second-order valence-electron chi connectivity index (χ2n) is 4.41. The van der Waals surface area contributed by atoms with E-state index in [0.29, 0.717) is 12.0 Å². The highest BCUT2D eigenvalue weighted by atomic mass is 35.5. The second-order valence-corrected chi connectivity index (χ2v) is 4.85. The van der Waals surface area contributed by atoms with Crippen LogP contribution in [0.5, 0.6) is 0 Å². The lowest BCUT2D eigenvalue weighted by atomic mass is 10.1. The fourth-order valence-electron chi connectivity index (χ4n) is 1.89. The Morgan fingerprint density at radius 3 is 2.93 bits per heavy atom. The smallest absolute Gasteiger partial charge is 0.0410 e. The van der Waals surface area contributed by atoms with Gasteiger partial charge in [-0.15, -0.1) is 0 Å². The molecular formula is C12H17ClN2. The number of fused-ring (bicyclic) bond motifs is 1. The van der Waals surface area contributed by atoms with Gasteiger partial charge in [-0.05, 0) is 29.7 Å². The highest BCUT2D eigenvalue weighted by Gasteiger charge is 2.17. The van der Waals surface area contributed by atoms with Gasteiger partial charge in [0.15, 0.2) is 0 Å². The largest absolute Gasteiger partial charge is 0.383 e. The maximum Gasteiger partial charge on any atom is 0.0410 e. The fourth-order valence-corrected chi connectivity index (χ4v) is 2.08. The van der Waals surface area contributed by atoms with Gasteiger partial charge < -0.3 is 10.6 Å². The van der Waals surface area contributed by atoms with Gasteiger partial charge in [0.25, 0.3) is 0 Å². The van der Waals surface area contributed by atoms with E-state index in [4.69, 9.17) is 11.6 Å². The molecule has 1 aromatic rings. The van der Waals surface area contributed by atoms with Crippen molar-refractivity contribution in [1.29, 1.82) is 0 Å². The van der Waals surface area contributed by atoms with Crippen molar-refractivity contribution < 1.29 is 0 Å². The van der Waals surface area contributed by atoms with Crippen molar-refractivity contribution in [3.8, 4) is 0 Å². The predicted molar refractivity (Wildman–Crippen MR) is 65.4 cm³/mol. The van der Waals surface area contributed by atoms with Crippen LogP contribution in [0.4, 0.5) is 5.69 Å². The fraction of sp³-hybridized carbons (Fsp3) is 0.500. The number of halogens is 1. The quantitative estimate of drug-likeness (QED) is 0.767. The van der Waals surface area contributed by atoms with Crippen LogP contribution in [0.3, 0.4) is 0 Å². The molecule has 3 heteroatoms. The third kappa shape index (κ3) is 2.44. The maximum atomic E-state index is 5.97. The van der Waals surface area contributed by atoms with Crippen LogP contribution in [0.2, 0.25) is 5.02 Å². The summed E-state index contributed by atoms with van der Waals surface area (Å²) in [5.74, 6) is 0.641. The van der Waals surface area contributed by atoms with Gasteiger partial charge in [-0.25, -0.2) is 0 Å². The Morgan fingerprint density at radius 1 is 1.40 bits per heavy atom. The summed E-state index contributed by atoms with van der Waals surface area (Å²) >= 11 is 5.97. The summed E-state index contributed by atoms with van der Waals surface area (Å²) in [6.45, 7) is 6.35. The lowest BCUT2D eigenvalue weighted by Crippen LogP contribution is -2.37. The minimum absolute atomic E-state index is 0.524. The van der Waals surface area contributed by atoms with Crippen LogP contribution in [0, 0.1) is 5.92 Å². The van der Waals surface area contributed by atoms with Crippen molar-refractivity contribution in [3.63, 3.8) is 0 Å². The van der Waals surface area contributed by atoms with Crippen molar-refractivity contribution in [3.05, 3.63) is 28.8 Å². The van der Waals surface area contributed by atoms with Gasteiger partial charge in [-0.3, -0.25) is 0 Å². The second kappa shape index (κ2) is 4.42. The average Bonchev–Trinajstić information content (AvgIpc) is 2.39. The van der Waals surface area contributed by atoms with Crippen LogP contribution >= 0.6 is 11.6 Å².